The Morgan fingerprint density at radius 3 is 2.10 bits per heavy atom. The lowest BCUT2D eigenvalue weighted by Crippen LogP contribution is -2.53. The largest absolute Gasteiger partial charge is 0.484 e. The molecule has 1 atom stereocenters. The van der Waals surface area contributed by atoms with Crippen molar-refractivity contribution in [3.63, 3.8) is 0 Å². The molecule has 0 radical (unpaired) electrons. The number of nitrogens with zero attached hydrogens (tertiary/aromatic N) is 1. The van der Waals surface area contributed by atoms with Gasteiger partial charge in [0, 0.05) is 16.6 Å². The van der Waals surface area contributed by atoms with E-state index in [0.29, 0.717) is 18.2 Å². The molecule has 31 heavy (non-hydrogen) atoms. The molecule has 0 aromatic heterocycles. The molecule has 2 amide bonds. The van der Waals surface area contributed by atoms with Gasteiger partial charge in [-0.25, -0.2) is 0 Å². The summed E-state index contributed by atoms with van der Waals surface area (Å²) in [4.78, 5) is 27.4. The van der Waals surface area contributed by atoms with E-state index < -0.39 is 6.04 Å². The zero-order valence-corrected chi connectivity index (χ0v) is 20.8. The molecule has 168 valence electrons. The maximum absolute atomic E-state index is 13.1. The summed E-state index contributed by atoms with van der Waals surface area (Å²) < 4.78 is 6.70. The van der Waals surface area contributed by atoms with Crippen molar-refractivity contribution in [2.45, 2.75) is 65.6 Å². The van der Waals surface area contributed by atoms with Crippen LogP contribution in [0, 0.1) is 0 Å². The topological polar surface area (TPSA) is 58.6 Å². The zero-order valence-electron chi connectivity index (χ0n) is 19.2. The van der Waals surface area contributed by atoms with E-state index in [0.717, 1.165) is 10.0 Å². The van der Waals surface area contributed by atoms with Crippen LogP contribution in [-0.2, 0) is 16.1 Å². The molecule has 0 aliphatic rings. The van der Waals surface area contributed by atoms with Crippen molar-refractivity contribution < 1.29 is 14.3 Å². The van der Waals surface area contributed by atoms with E-state index in [2.05, 4.69) is 35.1 Å². The highest BCUT2D eigenvalue weighted by Gasteiger charge is 2.28. The highest BCUT2D eigenvalue weighted by Crippen LogP contribution is 2.19. The molecule has 0 saturated heterocycles. The summed E-state index contributed by atoms with van der Waals surface area (Å²) in [5.41, 5.74) is 1.77. The van der Waals surface area contributed by atoms with Gasteiger partial charge in [-0.3, -0.25) is 9.59 Å². The number of amides is 2. The van der Waals surface area contributed by atoms with Gasteiger partial charge in [0.2, 0.25) is 5.91 Å². The maximum Gasteiger partial charge on any atom is 0.261 e. The number of ether oxygens (including phenoxy) is 1. The standard InChI is InChI=1S/C25H33BrN2O3/c1-17(2)20-9-13-22(14-10-20)31-16-23(29)28(15-19-7-11-21(26)12-8-19)18(3)24(30)27-25(4,5)6/h7-14,17-18H,15-16H2,1-6H3,(H,27,30). The molecule has 0 fully saturated rings. The quantitative estimate of drug-likeness (QED) is 0.549. The molecule has 0 saturated carbocycles. The highest BCUT2D eigenvalue weighted by molar-refractivity contribution is 9.10. The van der Waals surface area contributed by atoms with Gasteiger partial charge in [-0.1, -0.05) is 54.0 Å². The third-order valence-corrected chi connectivity index (χ3v) is 5.37. The first-order valence-electron chi connectivity index (χ1n) is 10.5. The molecule has 2 rings (SSSR count). The van der Waals surface area contributed by atoms with Crippen molar-refractivity contribution in [3.8, 4) is 5.75 Å². The van der Waals surface area contributed by atoms with Crippen molar-refractivity contribution >= 4 is 27.7 Å². The minimum absolute atomic E-state index is 0.134. The van der Waals surface area contributed by atoms with Crippen molar-refractivity contribution in [3.05, 3.63) is 64.1 Å². The fraction of sp³-hybridized carbons (Fsp3) is 0.440. The smallest absolute Gasteiger partial charge is 0.261 e. The van der Waals surface area contributed by atoms with Gasteiger partial charge >= 0.3 is 0 Å². The number of benzene rings is 2. The Hall–Kier alpha value is -2.34. The number of carbonyl (C=O) groups is 2. The van der Waals surface area contributed by atoms with Crippen LogP contribution in [0.3, 0.4) is 0 Å². The lowest BCUT2D eigenvalue weighted by molar-refractivity contribution is -0.142. The molecule has 0 bridgehead atoms. The number of carbonyl (C=O) groups excluding carboxylic acids is 2. The Morgan fingerprint density at radius 2 is 1.58 bits per heavy atom. The fourth-order valence-corrected chi connectivity index (χ4v) is 3.28. The van der Waals surface area contributed by atoms with Crippen LogP contribution in [0.25, 0.3) is 0 Å². The highest BCUT2D eigenvalue weighted by atomic mass is 79.9. The van der Waals surface area contributed by atoms with Crippen LogP contribution in [0.5, 0.6) is 5.75 Å². The van der Waals surface area contributed by atoms with E-state index in [9.17, 15) is 9.59 Å². The van der Waals surface area contributed by atoms with E-state index in [-0.39, 0.29) is 24.0 Å². The van der Waals surface area contributed by atoms with Gasteiger partial charge in [-0.2, -0.15) is 0 Å². The van der Waals surface area contributed by atoms with Crippen molar-refractivity contribution in [1.29, 1.82) is 0 Å². The summed E-state index contributed by atoms with van der Waals surface area (Å²) in [6, 6.07) is 14.8. The van der Waals surface area contributed by atoms with Crippen molar-refractivity contribution in [2.75, 3.05) is 6.61 Å². The summed E-state index contributed by atoms with van der Waals surface area (Å²) >= 11 is 3.43. The summed E-state index contributed by atoms with van der Waals surface area (Å²) in [5.74, 6) is 0.624. The van der Waals surface area contributed by atoms with Gasteiger partial charge in [0.25, 0.3) is 5.91 Å². The molecular formula is C25H33BrN2O3. The Morgan fingerprint density at radius 1 is 1.00 bits per heavy atom. The van der Waals surface area contributed by atoms with Crippen molar-refractivity contribution in [2.24, 2.45) is 0 Å². The second-order valence-corrected chi connectivity index (χ2v) is 9.99. The number of halogens is 1. The molecule has 0 aliphatic carbocycles. The number of hydrogen-bond acceptors (Lipinski definition) is 3. The zero-order chi connectivity index (χ0) is 23.2. The lowest BCUT2D eigenvalue weighted by atomic mass is 10.0. The first-order valence-corrected chi connectivity index (χ1v) is 11.3. The van der Waals surface area contributed by atoms with Gasteiger partial charge < -0.3 is 15.0 Å². The lowest BCUT2D eigenvalue weighted by Gasteiger charge is -2.31. The number of rotatable bonds is 8. The molecule has 0 spiro atoms. The van der Waals surface area contributed by atoms with Crippen molar-refractivity contribution in [1.82, 2.24) is 10.2 Å². The van der Waals surface area contributed by atoms with E-state index in [4.69, 9.17) is 4.74 Å². The number of hydrogen-bond donors (Lipinski definition) is 1. The Labute approximate surface area is 194 Å². The fourth-order valence-electron chi connectivity index (χ4n) is 3.02. The van der Waals surface area contributed by atoms with Crippen LogP contribution >= 0.6 is 15.9 Å². The molecule has 5 nitrogen and oxygen atoms in total. The van der Waals surface area contributed by atoms with Crippen LogP contribution in [0.15, 0.2) is 53.0 Å². The van der Waals surface area contributed by atoms with Gasteiger partial charge in [0.05, 0.1) is 0 Å². The van der Waals surface area contributed by atoms with Crippen LogP contribution in [0.2, 0.25) is 0 Å². The molecule has 0 aliphatic heterocycles. The number of nitrogens with one attached hydrogen (secondary N) is 1. The predicted octanol–water partition coefficient (Wildman–Crippen LogP) is 5.28. The molecule has 1 N–H and O–H groups in total. The minimum Gasteiger partial charge on any atom is -0.484 e. The van der Waals surface area contributed by atoms with E-state index in [1.807, 2.05) is 69.3 Å². The van der Waals surface area contributed by atoms with E-state index >= 15 is 0 Å². The van der Waals surface area contributed by atoms with Crippen LogP contribution in [-0.4, -0.2) is 34.9 Å². The Kier molecular flexibility index (Phi) is 8.69. The van der Waals surface area contributed by atoms with E-state index in [1.165, 1.54) is 5.56 Å². The monoisotopic (exact) mass is 488 g/mol. The van der Waals surface area contributed by atoms with Gasteiger partial charge in [-0.15, -0.1) is 0 Å². The van der Waals surface area contributed by atoms with Gasteiger partial charge in [-0.05, 0) is 69.0 Å². The van der Waals surface area contributed by atoms with Gasteiger partial charge in [0.15, 0.2) is 6.61 Å². The predicted molar refractivity (Wildman–Crippen MR) is 128 cm³/mol. The maximum atomic E-state index is 13.1. The second kappa shape index (κ2) is 10.8. The molecule has 6 heteroatoms. The van der Waals surface area contributed by atoms with Crippen LogP contribution in [0.1, 0.15) is 58.6 Å². The minimum atomic E-state index is -0.637. The average molecular weight is 489 g/mol. The summed E-state index contributed by atoms with van der Waals surface area (Å²) in [7, 11) is 0. The Balaban J connectivity index is 2.14. The summed E-state index contributed by atoms with van der Waals surface area (Å²) in [5, 5.41) is 2.96. The molecular weight excluding hydrogens is 456 g/mol. The molecule has 2 aromatic carbocycles. The summed E-state index contributed by atoms with van der Waals surface area (Å²) in [6.07, 6.45) is 0. The summed E-state index contributed by atoms with van der Waals surface area (Å²) in [6.45, 7) is 11.9. The molecule has 0 heterocycles. The third-order valence-electron chi connectivity index (χ3n) is 4.84. The first kappa shape index (κ1) is 24.9. The second-order valence-electron chi connectivity index (χ2n) is 9.08. The normalized spacial score (nSPS) is 12.4. The first-order chi connectivity index (χ1) is 14.5. The van der Waals surface area contributed by atoms with E-state index in [1.54, 1.807) is 11.8 Å². The molecule has 2 aromatic rings. The van der Waals surface area contributed by atoms with Gasteiger partial charge in [0.1, 0.15) is 11.8 Å². The van der Waals surface area contributed by atoms with Crippen LogP contribution < -0.4 is 10.1 Å². The third kappa shape index (κ3) is 8.02. The Bertz CT molecular complexity index is 871. The molecule has 1 unspecified atom stereocenters. The van der Waals surface area contributed by atoms with Crippen LogP contribution in [0.4, 0.5) is 0 Å². The SMILES string of the molecule is CC(C)c1ccc(OCC(=O)N(Cc2ccc(Br)cc2)C(C)C(=O)NC(C)(C)C)cc1. The average Bonchev–Trinajstić information content (AvgIpc) is 2.70.